The van der Waals surface area contributed by atoms with Crippen molar-refractivity contribution >= 4 is 107 Å². The van der Waals surface area contributed by atoms with Gasteiger partial charge in [-0.3, -0.25) is 15.4 Å². The number of hydrogen-bond acceptors (Lipinski definition) is 15. The fourth-order valence-corrected chi connectivity index (χ4v) is 14.6. The fraction of sp³-hybridized carbons (Fsp3) is 0.467. The number of nitrogens with two attached hydrogens (primary N) is 1. The van der Waals surface area contributed by atoms with Gasteiger partial charge in [0.1, 0.15) is 11.2 Å². The number of amides is 3. The van der Waals surface area contributed by atoms with Crippen LogP contribution in [0.25, 0.3) is 11.1 Å². The summed E-state index contributed by atoms with van der Waals surface area (Å²) in [5.74, 6) is -0.100. The minimum Gasteiger partial charge on any atom is -0.478 e. The number of carboxylic acids is 1. The molecule has 2 fully saturated rings. The second-order valence-electron chi connectivity index (χ2n) is 30.5. The van der Waals surface area contributed by atoms with Crippen LogP contribution in [0.5, 0.6) is 0 Å². The van der Waals surface area contributed by atoms with E-state index in [9.17, 15) is 19.2 Å². The van der Waals surface area contributed by atoms with Crippen LogP contribution in [0, 0.1) is 31.1 Å². The molecule has 2 aromatic heterocycles. The zero-order valence-corrected chi connectivity index (χ0v) is 67.8. The smallest absolute Gasteiger partial charge is 0.412 e. The Morgan fingerprint density at radius 1 is 0.560 bits per heavy atom. The van der Waals surface area contributed by atoms with Crippen LogP contribution in [-0.4, -0.2) is 123 Å². The first-order valence-electron chi connectivity index (χ1n) is 33.9. The van der Waals surface area contributed by atoms with Gasteiger partial charge in [0.25, 0.3) is 5.91 Å². The molecule has 536 valence electrons. The van der Waals surface area contributed by atoms with Crippen molar-refractivity contribution in [3.05, 3.63) is 176 Å². The van der Waals surface area contributed by atoms with Crippen molar-refractivity contribution < 1.29 is 73.7 Å². The molecule has 2 radical (unpaired) electrons. The fourth-order valence-electron chi connectivity index (χ4n) is 11.5. The van der Waals surface area contributed by atoms with Crippen molar-refractivity contribution in [2.75, 3.05) is 21.3 Å². The maximum atomic E-state index is 13.5. The summed E-state index contributed by atoms with van der Waals surface area (Å²) in [5.41, 5.74) is 15.4. The van der Waals surface area contributed by atoms with Gasteiger partial charge in [0.15, 0.2) is 16.6 Å². The molecule has 0 unspecified atom stereocenters. The third-order valence-electron chi connectivity index (χ3n) is 18.1. The van der Waals surface area contributed by atoms with Crippen molar-refractivity contribution in [2.24, 2.45) is 5.73 Å². The van der Waals surface area contributed by atoms with Crippen LogP contribution in [0.3, 0.4) is 0 Å². The molecule has 3 amide bonds. The summed E-state index contributed by atoms with van der Waals surface area (Å²) in [6.07, 6.45) is 13.3. The van der Waals surface area contributed by atoms with Gasteiger partial charge >= 0.3 is 18.2 Å². The summed E-state index contributed by atoms with van der Waals surface area (Å²) in [6, 6.07) is 29.4. The summed E-state index contributed by atoms with van der Waals surface area (Å²) in [7, 11) is -0.193. The Morgan fingerprint density at radius 3 is 1.34 bits per heavy atom. The van der Waals surface area contributed by atoms with E-state index in [-0.39, 0.29) is 96.5 Å². The standard InChI is InChI=1S/C37H48ClN5O4Si.C25H35ClN4OSi.C12H15NO4.CH4.BH.U/c1-36(2,3)46-35(45)42-25-16-13-24(14-17-25)33(44)40-26-19-27(21-28(20-26)47-48(7,8)37(4,5)6)41-34-39-22-31(38)32(43-34)30-18-15-23-11-9-10-12-29(23)30;1-25(2,3)32(4,5)31-19-13-17(27)12-18(14-19)29-24-28-15-22(26)23(30-24)21-11-10-16-8-6-7-9-20(16)21;1-12(2,3)17-11(16)13-9-6-4-8(5-7-9)10(14)15;;;/h9-14,16-18,22,26-28H,15,19-21H2,1-8H3,(H,40,44)(H,42,45)(H,39,41,43);6-9,11,15,17-19H,10,12-14,27H2,1-5H3,(H,28,29,30);4-7H,1-3H3,(H,13,16)(H,14,15);1H4;1H;/t26-,27+,28+;17-,18+,19+;;;;/m11..../s1/i;;;;1T;. The summed E-state index contributed by atoms with van der Waals surface area (Å²) in [6.45, 7) is 33.4. The van der Waals surface area contributed by atoms with E-state index in [1.165, 1.54) is 41.0 Å². The number of rotatable bonds is 15. The van der Waals surface area contributed by atoms with Crippen LogP contribution >= 0.6 is 23.2 Å². The molecule has 0 bridgehead atoms. The third-order valence-corrected chi connectivity index (χ3v) is 27.8. The van der Waals surface area contributed by atoms with Gasteiger partial charge in [-0.05, 0) is 201 Å². The van der Waals surface area contributed by atoms with E-state index in [1.807, 2.05) is 12.1 Å². The molecule has 0 spiro atoms. The van der Waals surface area contributed by atoms with E-state index in [1.54, 1.807) is 78.2 Å². The van der Waals surface area contributed by atoms with Crippen LogP contribution in [0.4, 0.5) is 32.9 Å². The van der Waals surface area contributed by atoms with Gasteiger partial charge in [-0.25, -0.2) is 34.3 Å². The van der Waals surface area contributed by atoms with Crippen LogP contribution in [0.15, 0.2) is 122 Å². The number of nitrogens with zero attached hydrogens (tertiary/aromatic N) is 4. The molecule has 4 aliphatic rings. The molecule has 19 nitrogen and oxygen atoms in total. The Hall–Kier alpha value is -6.39. The molecule has 8 N–H and O–H groups in total. The van der Waals surface area contributed by atoms with Crippen molar-refractivity contribution in [1.82, 2.24) is 25.3 Å². The number of hydrogen-bond donors (Lipinski definition) is 7. The monoisotopic (exact) mass is 1660 g/mol. The van der Waals surface area contributed by atoms with Gasteiger partial charge in [-0.2, -0.15) is 0 Å². The molecule has 10 rings (SSSR count). The topological polar surface area (TPSA) is 263 Å². The van der Waals surface area contributed by atoms with E-state index in [2.05, 4.69) is 161 Å². The predicted molar refractivity (Wildman–Crippen MR) is 408 cm³/mol. The molecule has 4 aromatic carbocycles. The first-order valence-corrected chi connectivity index (χ1v) is 39.9. The maximum Gasteiger partial charge on any atom is 0.412 e. The molecule has 2 heterocycles. The van der Waals surface area contributed by atoms with E-state index < -0.39 is 46.0 Å². The molecule has 2 saturated carbocycles. The van der Waals surface area contributed by atoms with Gasteiger partial charge in [-0.1, -0.05) is 133 Å². The molecular formula is C75H103BCl2N10O9Si2U. The van der Waals surface area contributed by atoms with E-state index >= 15 is 0 Å². The van der Waals surface area contributed by atoms with Gasteiger partial charge in [0, 0.05) is 104 Å². The Labute approximate surface area is 631 Å². The average molecular weight is 1670 g/mol. The number of ether oxygens (including phenoxy) is 2. The molecule has 0 aliphatic heterocycles. The van der Waals surface area contributed by atoms with Crippen molar-refractivity contribution in [3.8, 4) is 0 Å². The van der Waals surface area contributed by atoms with Crippen molar-refractivity contribution in [3.63, 3.8) is 0 Å². The van der Waals surface area contributed by atoms with E-state index in [0.717, 1.165) is 60.9 Å². The zero-order chi connectivity index (χ0) is 73.0. The normalized spacial score (nSPS) is 18.9. The largest absolute Gasteiger partial charge is 0.478 e. The Balaban J connectivity index is 0.000000298. The van der Waals surface area contributed by atoms with Crippen molar-refractivity contribution in [2.45, 2.75) is 226 Å². The van der Waals surface area contributed by atoms with Crippen LogP contribution in [-0.2, 0) is 31.2 Å². The Kier molecular flexibility index (Phi) is 29.1. The number of aromatic carboxylic acids is 1. The van der Waals surface area contributed by atoms with Crippen molar-refractivity contribution in [1.29, 1.82) is 1.34 Å². The number of allylic oxidation sites excluding steroid dienone is 2. The summed E-state index contributed by atoms with van der Waals surface area (Å²) >= 11 is 13.2. The van der Waals surface area contributed by atoms with Crippen LogP contribution < -0.4 is 32.3 Å². The quantitative estimate of drug-likeness (QED) is 0.0471. The van der Waals surface area contributed by atoms with E-state index in [0.29, 0.717) is 57.4 Å². The zero-order valence-electron chi connectivity index (χ0n) is 61.1. The first-order chi connectivity index (χ1) is 46.3. The number of halogens is 2. The first kappa shape index (κ1) is 82.6. The molecule has 6 aromatic rings. The van der Waals surface area contributed by atoms with E-state index in [4.69, 9.17) is 63.7 Å². The maximum absolute atomic E-state index is 13.5. The number of carboxylic acid groups (broad SMARTS) is 1. The number of fused-ring (bicyclic) bond motifs is 2. The summed E-state index contributed by atoms with van der Waals surface area (Å²) in [5, 5.41) is 25.5. The van der Waals surface area contributed by atoms with Gasteiger partial charge in [0.05, 0.1) is 39.4 Å². The molecule has 6 atom stereocenters. The number of carbonyl (C=O) groups is 4. The second kappa shape index (κ2) is 35.2. The minimum absolute atomic E-state index is 0. The molecular weight excluding hydrogens is 1560 g/mol. The van der Waals surface area contributed by atoms with Crippen LogP contribution in [0.2, 0.25) is 46.3 Å². The van der Waals surface area contributed by atoms with Crippen LogP contribution in [0.1, 0.15) is 183 Å². The SMILES string of the molecule is C.CC(C)(C)OC(=O)Nc1ccc(C(=O)N[C@@H]2C[C@H](Nc3ncc(Cl)c(C4=CCc5ccccc54)n3)C[C@@H](O[Si](C)(C)C(C)(C)C)C2)cc1.CC(C)(C)OC(=O)Nc1ccc(C(=O)O)cc1.CC(C)(C)[Si](C)(C)O[C@H]1C[C@H](N)C[C@H](Nc2ncc(Cl)c(C3=CCc4ccccc43)n2)C1.[3H][B].[U]. The third kappa shape index (κ3) is 23.8. The number of anilines is 4. The molecule has 4 aliphatic carbocycles. The molecule has 0 saturated heterocycles. The summed E-state index contributed by atoms with van der Waals surface area (Å²) < 4.78 is 29.2. The van der Waals surface area contributed by atoms with Gasteiger partial charge < -0.3 is 45.1 Å². The Morgan fingerprint density at radius 2 is 0.940 bits per heavy atom. The predicted octanol–water partition coefficient (Wildman–Crippen LogP) is 17.1. The number of carbonyl (C=O) groups excluding carboxylic acids is 3. The number of nitrogens with one attached hydrogen (secondary N) is 5. The second-order valence-corrected chi connectivity index (χ2v) is 40.8. The Bertz CT molecular complexity index is 3870. The number of aromatic nitrogens is 4. The number of benzene rings is 4. The molecule has 25 heteroatoms. The molecule has 100 heavy (non-hydrogen) atoms. The van der Waals surface area contributed by atoms with Gasteiger partial charge in [-0.15, -0.1) is 0 Å². The minimum atomic E-state index is -2.09. The average Bonchev–Trinajstić information content (AvgIpc) is 1.74. The van der Waals surface area contributed by atoms with Gasteiger partial charge in [0.2, 0.25) is 11.9 Å². The summed E-state index contributed by atoms with van der Waals surface area (Å²) in [4.78, 5) is 66.3.